The van der Waals surface area contributed by atoms with E-state index in [1.54, 1.807) is 7.11 Å². The van der Waals surface area contributed by atoms with Gasteiger partial charge in [-0.05, 0) is 42.9 Å². The number of carbonyl (C=O) groups excluding carboxylic acids is 3. The largest absolute Gasteiger partial charge is 0.497 e. The normalized spacial score (nSPS) is 22.0. The monoisotopic (exact) mass is 398 g/mol. The third-order valence-corrected chi connectivity index (χ3v) is 5.72. The SMILES string of the molecule is COc1ccc(C(CC(C)C)NC(=O)CCN2C(=O)C3CC=CCC3C2=O)cc1. The lowest BCUT2D eigenvalue weighted by Gasteiger charge is -2.22. The molecular formula is C23H30N2O4. The number of hydrogen-bond acceptors (Lipinski definition) is 4. The third-order valence-electron chi connectivity index (χ3n) is 5.72. The van der Waals surface area contributed by atoms with Crippen molar-refractivity contribution in [1.82, 2.24) is 10.2 Å². The summed E-state index contributed by atoms with van der Waals surface area (Å²) in [6, 6.07) is 7.55. The lowest BCUT2D eigenvalue weighted by Crippen LogP contribution is -2.36. The van der Waals surface area contributed by atoms with Crippen molar-refractivity contribution in [2.45, 2.75) is 45.6 Å². The minimum atomic E-state index is -0.247. The van der Waals surface area contributed by atoms with E-state index in [-0.39, 0.29) is 48.6 Å². The van der Waals surface area contributed by atoms with E-state index in [0.29, 0.717) is 18.8 Å². The van der Waals surface area contributed by atoms with E-state index in [1.807, 2.05) is 36.4 Å². The minimum absolute atomic E-state index is 0.120. The van der Waals surface area contributed by atoms with Gasteiger partial charge in [0.1, 0.15) is 5.75 Å². The van der Waals surface area contributed by atoms with Crippen LogP contribution in [0.25, 0.3) is 0 Å². The average Bonchev–Trinajstić information content (AvgIpc) is 2.96. The van der Waals surface area contributed by atoms with Gasteiger partial charge in [0.15, 0.2) is 0 Å². The predicted octanol–water partition coefficient (Wildman–Crippen LogP) is 3.24. The van der Waals surface area contributed by atoms with Gasteiger partial charge in [-0.1, -0.05) is 38.1 Å². The van der Waals surface area contributed by atoms with Gasteiger partial charge in [0.2, 0.25) is 17.7 Å². The molecule has 3 atom stereocenters. The number of carbonyl (C=O) groups is 3. The smallest absolute Gasteiger partial charge is 0.233 e. The topological polar surface area (TPSA) is 75.7 Å². The average molecular weight is 399 g/mol. The highest BCUT2D eigenvalue weighted by Crippen LogP contribution is 2.35. The van der Waals surface area contributed by atoms with Crippen molar-refractivity contribution < 1.29 is 19.1 Å². The number of hydrogen-bond donors (Lipinski definition) is 1. The molecule has 6 heteroatoms. The summed E-state index contributed by atoms with van der Waals surface area (Å²) in [6.45, 7) is 4.37. The Morgan fingerprint density at radius 1 is 1.10 bits per heavy atom. The highest BCUT2D eigenvalue weighted by Gasteiger charge is 2.46. The molecular weight excluding hydrogens is 368 g/mol. The van der Waals surface area contributed by atoms with Crippen molar-refractivity contribution in [1.29, 1.82) is 0 Å². The fourth-order valence-corrected chi connectivity index (χ4v) is 4.16. The van der Waals surface area contributed by atoms with Crippen LogP contribution in [-0.2, 0) is 14.4 Å². The van der Waals surface area contributed by atoms with Gasteiger partial charge in [-0.15, -0.1) is 0 Å². The number of likely N-dealkylation sites (tertiary alicyclic amines) is 1. The number of allylic oxidation sites excluding steroid dienone is 2. The predicted molar refractivity (Wildman–Crippen MR) is 110 cm³/mol. The summed E-state index contributed by atoms with van der Waals surface area (Å²) in [7, 11) is 1.62. The van der Waals surface area contributed by atoms with Crippen LogP contribution >= 0.6 is 0 Å². The first-order valence-corrected chi connectivity index (χ1v) is 10.3. The van der Waals surface area contributed by atoms with Gasteiger partial charge in [0.25, 0.3) is 0 Å². The molecule has 1 N–H and O–H groups in total. The van der Waals surface area contributed by atoms with Crippen LogP contribution in [0.4, 0.5) is 0 Å². The van der Waals surface area contributed by atoms with Crippen molar-refractivity contribution in [3.05, 3.63) is 42.0 Å². The Bertz CT molecular complexity index is 759. The van der Waals surface area contributed by atoms with Crippen LogP contribution < -0.4 is 10.1 Å². The number of fused-ring (bicyclic) bond motifs is 1. The second-order valence-corrected chi connectivity index (χ2v) is 8.26. The molecule has 0 radical (unpaired) electrons. The Morgan fingerprint density at radius 3 is 2.21 bits per heavy atom. The van der Waals surface area contributed by atoms with Crippen LogP contribution in [0.2, 0.25) is 0 Å². The molecule has 3 rings (SSSR count). The molecule has 0 aromatic heterocycles. The molecule has 156 valence electrons. The first kappa shape index (κ1) is 21.1. The van der Waals surface area contributed by atoms with Crippen LogP contribution in [0.5, 0.6) is 5.75 Å². The Labute approximate surface area is 172 Å². The summed E-state index contributed by atoms with van der Waals surface area (Å²) >= 11 is 0. The summed E-state index contributed by atoms with van der Waals surface area (Å²) in [5.74, 6) is 0.259. The van der Waals surface area contributed by atoms with Crippen LogP contribution in [0.15, 0.2) is 36.4 Å². The van der Waals surface area contributed by atoms with E-state index in [4.69, 9.17) is 4.74 Å². The van der Waals surface area contributed by atoms with Crippen molar-refractivity contribution in [3.8, 4) is 5.75 Å². The van der Waals surface area contributed by atoms with E-state index in [0.717, 1.165) is 17.7 Å². The molecule has 3 unspecified atom stereocenters. The van der Waals surface area contributed by atoms with Crippen molar-refractivity contribution in [3.63, 3.8) is 0 Å². The molecule has 1 aliphatic heterocycles. The molecule has 6 nitrogen and oxygen atoms in total. The first-order chi connectivity index (χ1) is 13.9. The zero-order valence-electron chi connectivity index (χ0n) is 17.4. The Morgan fingerprint density at radius 2 is 1.69 bits per heavy atom. The van der Waals surface area contributed by atoms with Gasteiger partial charge in [-0.3, -0.25) is 19.3 Å². The summed E-state index contributed by atoms with van der Waals surface area (Å²) in [6.07, 6.45) is 6.09. The fraction of sp³-hybridized carbons (Fsp3) is 0.522. The van der Waals surface area contributed by atoms with E-state index in [1.165, 1.54) is 4.90 Å². The standard InChI is InChI=1S/C23H30N2O4/c1-15(2)14-20(16-8-10-17(29-3)11-9-16)24-21(26)12-13-25-22(27)18-6-4-5-7-19(18)23(25)28/h4-5,8-11,15,18-20H,6-7,12-14H2,1-3H3,(H,24,26). The number of benzene rings is 1. The molecule has 1 aliphatic carbocycles. The zero-order valence-corrected chi connectivity index (χ0v) is 17.4. The van der Waals surface area contributed by atoms with E-state index in [9.17, 15) is 14.4 Å². The Hall–Kier alpha value is -2.63. The number of nitrogens with one attached hydrogen (secondary N) is 1. The molecule has 0 spiro atoms. The summed E-state index contributed by atoms with van der Waals surface area (Å²) in [5.41, 5.74) is 1.01. The lowest BCUT2D eigenvalue weighted by atomic mass is 9.85. The second kappa shape index (κ2) is 9.25. The van der Waals surface area contributed by atoms with E-state index >= 15 is 0 Å². The van der Waals surface area contributed by atoms with Crippen LogP contribution in [0, 0.1) is 17.8 Å². The molecule has 1 heterocycles. The third kappa shape index (κ3) is 4.86. The Balaban J connectivity index is 1.60. The number of nitrogens with zero attached hydrogens (tertiary/aromatic N) is 1. The number of amides is 3. The first-order valence-electron chi connectivity index (χ1n) is 10.3. The number of ether oxygens (including phenoxy) is 1. The maximum Gasteiger partial charge on any atom is 0.233 e. The van der Waals surface area contributed by atoms with Crippen molar-refractivity contribution in [2.24, 2.45) is 17.8 Å². The maximum absolute atomic E-state index is 12.6. The van der Waals surface area contributed by atoms with Crippen LogP contribution in [-0.4, -0.2) is 36.3 Å². The number of methoxy groups -OCH3 is 1. The Kier molecular flexibility index (Phi) is 6.72. The molecule has 0 saturated carbocycles. The number of rotatable bonds is 8. The number of imide groups is 1. The molecule has 1 aromatic rings. The molecule has 2 aliphatic rings. The lowest BCUT2D eigenvalue weighted by molar-refractivity contribution is -0.140. The molecule has 1 saturated heterocycles. The van der Waals surface area contributed by atoms with Gasteiger partial charge in [-0.2, -0.15) is 0 Å². The summed E-state index contributed by atoms with van der Waals surface area (Å²) in [5, 5.41) is 3.08. The summed E-state index contributed by atoms with van der Waals surface area (Å²) in [4.78, 5) is 39.0. The highest BCUT2D eigenvalue weighted by molar-refractivity contribution is 6.05. The molecule has 29 heavy (non-hydrogen) atoms. The van der Waals surface area contributed by atoms with Gasteiger partial charge in [0, 0.05) is 13.0 Å². The van der Waals surface area contributed by atoms with Gasteiger partial charge in [0.05, 0.1) is 25.0 Å². The fourth-order valence-electron chi connectivity index (χ4n) is 4.16. The molecule has 0 bridgehead atoms. The van der Waals surface area contributed by atoms with Gasteiger partial charge < -0.3 is 10.1 Å². The van der Waals surface area contributed by atoms with Gasteiger partial charge >= 0.3 is 0 Å². The molecule has 1 aromatic carbocycles. The maximum atomic E-state index is 12.6. The highest BCUT2D eigenvalue weighted by atomic mass is 16.5. The van der Waals surface area contributed by atoms with Gasteiger partial charge in [-0.25, -0.2) is 0 Å². The summed E-state index contributed by atoms with van der Waals surface area (Å²) < 4.78 is 5.21. The van der Waals surface area contributed by atoms with Crippen molar-refractivity contribution in [2.75, 3.05) is 13.7 Å². The second-order valence-electron chi connectivity index (χ2n) is 8.26. The molecule has 3 amide bonds. The van der Waals surface area contributed by atoms with Crippen molar-refractivity contribution >= 4 is 17.7 Å². The van der Waals surface area contributed by atoms with E-state index in [2.05, 4.69) is 19.2 Å². The molecule has 1 fully saturated rings. The van der Waals surface area contributed by atoms with Crippen LogP contribution in [0.3, 0.4) is 0 Å². The minimum Gasteiger partial charge on any atom is -0.497 e. The zero-order chi connectivity index (χ0) is 21.0. The van der Waals surface area contributed by atoms with Crippen LogP contribution in [0.1, 0.15) is 51.1 Å². The van der Waals surface area contributed by atoms with E-state index < -0.39 is 0 Å². The quantitative estimate of drug-likeness (QED) is 0.539.